The van der Waals surface area contributed by atoms with E-state index in [0.717, 1.165) is 18.3 Å². The number of hydrogen-bond donors (Lipinski definition) is 2. The third-order valence-corrected chi connectivity index (χ3v) is 6.94. The Hall–Kier alpha value is -1.36. The van der Waals surface area contributed by atoms with Gasteiger partial charge in [0.15, 0.2) is 0 Å². The summed E-state index contributed by atoms with van der Waals surface area (Å²) in [4.78, 5) is 11.8. The maximum atomic E-state index is 6.13. The minimum Gasteiger partial charge on any atom is -0.368 e. The van der Waals surface area contributed by atoms with Crippen molar-refractivity contribution in [1.29, 1.82) is 0 Å². The summed E-state index contributed by atoms with van der Waals surface area (Å²) in [5.41, 5.74) is 9.08. The van der Waals surface area contributed by atoms with E-state index < -0.39 is 0 Å². The zero-order valence-electron chi connectivity index (χ0n) is 15.9. The largest absolute Gasteiger partial charge is 0.368 e. The standard InChI is InChI=1S/C20H33N5/c1-25(2)15-9-7-14(8-10-15)22-18-16-6-5-13-20(11-3-4-12-20)17(16)23-19(21)24-18/h14-15H,3-13H2,1-2H3,(H3,21,22,23,24). The molecule has 1 spiro atoms. The van der Waals surface area contributed by atoms with Gasteiger partial charge in [0.2, 0.25) is 5.95 Å². The molecule has 0 amide bonds. The highest BCUT2D eigenvalue weighted by atomic mass is 15.1. The van der Waals surface area contributed by atoms with Crippen LogP contribution in [0.25, 0.3) is 0 Å². The van der Waals surface area contributed by atoms with Crippen molar-refractivity contribution in [1.82, 2.24) is 14.9 Å². The van der Waals surface area contributed by atoms with Crippen LogP contribution in [0.15, 0.2) is 0 Å². The second kappa shape index (κ2) is 6.75. The molecule has 5 heteroatoms. The first-order chi connectivity index (χ1) is 12.1. The monoisotopic (exact) mass is 343 g/mol. The van der Waals surface area contributed by atoms with Crippen LogP contribution < -0.4 is 11.1 Å². The molecule has 138 valence electrons. The summed E-state index contributed by atoms with van der Waals surface area (Å²) in [6.45, 7) is 0. The lowest BCUT2D eigenvalue weighted by molar-refractivity contribution is 0.221. The minimum absolute atomic E-state index is 0.295. The van der Waals surface area contributed by atoms with E-state index in [1.807, 2.05) is 0 Å². The van der Waals surface area contributed by atoms with E-state index >= 15 is 0 Å². The van der Waals surface area contributed by atoms with Gasteiger partial charge in [-0.2, -0.15) is 4.98 Å². The van der Waals surface area contributed by atoms with E-state index in [1.54, 1.807) is 0 Å². The molecule has 4 rings (SSSR count). The lowest BCUT2D eigenvalue weighted by atomic mass is 9.71. The fraction of sp³-hybridized carbons (Fsp3) is 0.800. The highest BCUT2D eigenvalue weighted by Gasteiger charge is 2.41. The lowest BCUT2D eigenvalue weighted by Crippen LogP contribution is -2.37. The Kier molecular flexibility index (Phi) is 4.61. The van der Waals surface area contributed by atoms with Gasteiger partial charge in [0.05, 0.1) is 5.69 Å². The normalized spacial score (nSPS) is 28.3. The highest BCUT2D eigenvalue weighted by Crippen LogP contribution is 2.49. The molecule has 25 heavy (non-hydrogen) atoms. The molecule has 3 aliphatic rings. The van der Waals surface area contributed by atoms with E-state index in [4.69, 9.17) is 10.7 Å². The van der Waals surface area contributed by atoms with Crippen molar-refractivity contribution < 1.29 is 0 Å². The molecule has 2 fully saturated rings. The van der Waals surface area contributed by atoms with Gasteiger partial charge in [-0.1, -0.05) is 12.8 Å². The molecule has 1 aromatic rings. The summed E-state index contributed by atoms with van der Waals surface area (Å²) in [6.07, 6.45) is 13.8. The number of anilines is 2. The maximum Gasteiger partial charge on any atom is 0.222 e. The first kappa shape index (κ1) is 17.1. The van der Waals surface area contributed by atoms with Crippen LogP contribution >= 0.6 is 0 Å². The Labute approximate surface area is 151 Å². The Balaban J connectivity index is 1.56. The molecule has 1 heterocycles. The fourth-order valence-corrected chi connectivity index (χ4v) is 5.49. The molecule has 0 atom stereocenters. The van der Waals surface area contributed by atoms with Crippen molar-refractivity contribution in [3.8, 4) is 0 Å². The molecule has 1 aromatic heterocycles. The number of nitrogen functional groups attached to an aromatic ring is 1. The maximum absolute atomic E-state index is 6.13. The van der Waals surface area contributed by atoms with E-state index in [1.165, 1.54) is 75.5 Å². The zero-order chi connectivity index (χ0) is 17.4. The van der Waals surface area contributed by atoms with E-state index in [0.29, 0.717) is 17.4 Å². The summed E-state index contributed by atoms with van der Waals surface area (Å²) >= 11 is 0. The third-order valence-electron chi connectivity index (χ3n) is 6.94. The summed E-state index contributed by atoms with van der Waals surface area (Å²) in [5.74, 6) is 1.50. The van der Waals surface area contributed by atoms with Crippen molar-refractivity contribution in [2.24, 2.45) is 0 Å². The van der Waals surface area contributed by atoms with Crippen molar-refractivity contribution in [3.63, 3.8) is 0 Å². The molecule has 0 unspecified atom stereocenters. The second-order valence-electron chi connectivity index (χ2n) is 8.71. The minimum atomic E-state index is 0.295. The smallest absolute Gasteiger partial charge is 0.222 e. The van der Waals surface area contributed by atoms with Gasteiger partial charge in [-0.25, -0.2) is 4.98 Å². The second-order valence-corrected chi connectivity index (χ2v) is 8.71. The number of nitrogens with one attached hydrogen (secondary N) is 1. The van der Waals surface area contributed by atoms with Gasteiger partial charge in [-0.15, -0.1) is 0 Å². The summed E-state index contributed by atoms with van der Waals surface area (Å²) in [5, 5.41) is 3.77. The van der Waals surface area contributed by atoms with Gasteiger partial charge < -0.3 is 16.0 Å². The lowest BCUT2D eigenvalue weighted by Gasteiger charge is -2.37. The SMILES string of the molecule is CN(C)C1CCC(Nc2nc(N)nc3c2CCCC32CCCC2)CC1. The van der Waals surface area contributed by atoms with E-state index in [-0.39, 0.29) is 0 Å². The number of rotatable bonds is 3. The average Bonchev–Trinajstić information content (AvgIpc) is 3.06. The molecule has 2 saturated carbocycles. The van der Waals surface area contributed by atoms with Gasteiger partial charge in [0.1, 0.15) is 5.82 Å². The van der Waals surface area contributed by atoms with Crippen LogP contribution in [0.4, 0.5) is 11.8 Å². The van der Waals surface area contributed by atoms with Crippen LogP contribution in [-0.4, -0.2) is 41.0 Å². The summed E-state index contributed by atoms with van der Waals surface area (Å²) in [7, 11) is 4.39. The summed E-state index contributed by atoms with van der Waals surface area (Å²) < 4.78 is 0. The quantitative estimate of drug-likeness (QED) is 0.879. The number of nitrogens with two attached hydrogens (primary N) is 1. The van der Waals surface area contributed by atoms with Gasteiger partial charge in [0, 0.05) is 23.1 Å². The number of fused-ring (bicyclic) bond motifs is 2. The Morgan fingerprint density at radius 3 is 2.36 bits per heavy atom. The number of nitrogens with zero attached hydrogens (tertiary/aromatic N) is 3. The Morgan fingerprint density at radius 2 is 1.68 bits per heavy atom. The molecular formula is C20H33N5. The molecule has 5 nitrogen and oxygen atoms in total. The Bertz CT molecular complexity index is 613. The molecule has 0 saturated heterocycles. The first-order valence-electron chi connectivity index (χ1n) is 10.2. The van der Waals surface area contributed by atoms with Crippen LogP contribution in [0.2, 0.25) is 0 Å². The summed E-state index contributed by atoms with van der Waals surface area (Å²) in [6, 6.07) is 1.25. The predicted molar refractivity (Wildman–Crippen MR) is 103 cm³/mol. The fourth-order valence-electron chi connectivity index (χ4n) is 5.49. The molecule has 0 bridgehead atoms. The van der Waals surface area contributed by atoms with Crippen molar-refractivity contribution in [3.05, 3.63) is 11.3 Å². The molecular weight excluding hydrogens is 310 g/mol. The van der Waals surface area contributed by atoms with Crippen molar-refractivity contribution in [2.75, 3.05) is 25.1 Å². The van der Waals surface area contributed by atoms with Crippen LogP contribution in [0.5, 0.6) is 0 Å². The topological polar surface area (TPSA) is 67.1 Å². The van der Waals surface area contributed by atoms with Gasteiger partial charge >= 0.3 is 0 Å². The predicted octanol–water partition coefficient (Wildman–Crippen LogP) is 3.49. The van der Waals surface area contributed by atoms with E-state index in [9.17, 15) is 0 Å². The van der Waals surface area contributed by atoms with Gasteiger partial charge in [-0.3, -0.25) is 0 Å². The van der Waals surface area contributed by atoms with Crippen LogP contribution in [0, 0.1) is 0 Å². The molecule has 0 aliphatic heterocycles. The molecule has 3 aliphatic carbocycles. The van der Waals surface area contributed by atoms with E-state index in [2.05, 4.69) is 29.3 Å². The van der Waals surface area contributed by atoms with Crippen molar-refractivity contribution >= 4 is 11.8 Å². The zero-order valence-corrected chi connectivity index (χ0v) is 15.9. The highest BCUT2D eigenvalue weighted by molar-refractivity contribution is 5.53. The Morgan fingerprint density at radius 1 is 1.00 bits per heavy atom. The van der Waals surface area contributed by atoms with Crippen LogP contribution in [0.3, 0.4) is 0 Å². The molecule has 0 aromatic carbocycles. The van der Waals surface area contributed by atoms with Crippen molar-refractivity contribution in [2.45, 2.75) is 88.1 Å². The number of aromatic nitrogens is 2. The van der Waals surface area contributed by atoms with Crippen LogP contribution in [-0.2, 0) is 11.8 Å². The molecule has 0 radical (unpaired) electrons. The molecule has 3 N–H and O–H groups in total. The van der Waals surface area contributed by atoms with Crippen LogP contribution in [0.1, 0.15) is 75.5 Å². The first-order valence-corrected chi connectivity index (χ1v) is 10.2. The number of hydrogen-bond acceptors (Lipinski definition) is 5. The van der Waals surface area contributed by atoms with Gasteiger partial charge in [-0.05, 0) is 71.9 Å². The third kappa shape index (κ3) is 3.23. The average molecular weight is 344 g/mol. The van der Waals surface area contributed by atoms with Gasteiger partial charge in [0.25, 0.3) is 0 Å².